The van der Waals surface area contributed by atoms with Gasteiger partial charge in [-0.05, 0) is 6.07 Å². The molecule has 0 fully saturated rings. The number of hydrogen-bond acceptors (Lipinski definition) is 5. The van der Waals surface area contributed by atoms with Crippen LogP contribution in [0.15, 0.2) is 22.6 Å². The summed E-state index contributed by atoms with van der Waals surface area (Å²) in [5, 5.41) is 19.3. The van der Waals surface area contributed by atoms with Crippen molar-refractivity contribution >= 4 is 17.1 Å². The van der Waals surface area contributed by atoms with Gasteiger partial charge in [0.15, 0.2) is 5.58 Å². The Morgan fingerprint density at radius 1 is 1.57 bits per heavy atom. The van der Waals surface area contributed by atoms with E-state index in [-0.39, 0.29) is 12.2 Å². The monoisotopic (exact) mass is 194 g/mol. The number of hydrogen-bond donors (Lipinski definition) is 1. The third-order valence-corrected chi connectivity index (χ3v) is 1.81. The summed E-state index contributed by atoms with van der Waals surface area (Å²) in [6.07, 6.45) is 0. The van der Waals surface area contributed by atoms with Gasteiger partial charge in [0.05, 0.1) is 6.61 Å². The second-order valence-electron chi connectivity index (χ2n) is 2.68. The van der Waals surface area contributed by atoms with E-state index in [2.05, 4.69) is 4.98 Å². The lowest BCUT2D eigenvalue weighted by molar-refractivity contribution is -0.406. The Labute approximate surface area is 77.9 Å². The van der Waals surface area contributed by atoms with Crippen LogP contribution in [0.5, 0.6) is 0 Å². The minimum atomic E-state index is -0.707. The van der Waals surface area contributed by atoms with Crippen molar-refractivity contribution in [2.45, 2.75) is 6.61 Å². The van der Waals surface area contributed by atoms with E-state index in [0.29, 0.717) is 11.1 Å². The summed E-state index contributed by atoms with van der Waals surface area (Å²) in [6.45, 7) is -0.232. The number of aliphatic hydroxyl groups is 1. The number of aliphatic hydroxyl groups excluding tert-OH is 1. The van der Waals surface area contributed by atoms with Gasteiger partial charge >= 0.3 is 6.01 Å². The zero-order valence-corrected chi connectivity index (χ0v) is 7.01. The molecule has 2 rings (SSSR count). The summed E-state index contributed by atoms with van der Waals surface area (Å²) >= 11 is 0. The van der Waals surface area contributed by atoms with Gasteiger partial charge in [0.1, 0.15) is 0 Å². The summed E-state index contributed by atoms with van der Waals surface area (Å²) in [5.41, 5.74) is 1.13. The van der Waals surface area contributed by atoms with Gasteiger partial charge in [-0.3, -0.25) is 0 Å². The van der Waals surface area contributed by atoms with Gasteiger partial charge in [-0.1, -0.05) is 12.1 Å². The van der Waals surface area contributed by atoms with Gasteiger partial charge in [-0.15, -0.1) is 0 Å². The maximum absolute atomic E-state index is 10.4. The molecule has 6 heteroatoms. The van der Waals surface area contributed by atoms with Crippen molar-refractivity contribution in [1.29, 1.82) is 0 Å². The molecule has 0 spiro atoms. The molecule has 14 heavy (non-hydrogen) atoms. The van der Waals surface area contributed by atoms with E-state index in [1.165, 1.54) is 0 Å². The molecule has 72 valence electrons. The first-order valence-electron chi connectivity index (χ1n) is 3.86. The Balaban J connectivity index is 2.70. The topological polar surface area (TPSA) is 89.4 Å². The number of fused-ring (bicyclic) bond motifs is 1. The fraction of sp³-hybridized carbons (Fsp3) is 0.125. The van der Waals surface area contributed by atoms with E-state index in [0.717, 1.165) is 0 Å². The van der Waals surface area contributed by atoms with Gasteiger partial charge in [-0.25, -0.2) is 0 Å². The van der Waals surface area contributed by atoms with Crippen molar-refractivity contribution in [3.63, 3.8) is 0 Å². The van der Waals surface area contributed by atoms with Crippen LogP contribution in [0.25, 0.3) is 11.1 Å². The highest BCUT2D eigenvalue weighted by Crippen LogP contribution is 2.23. The summed E-state index contributed by atoms with van der Waals surface area (Å²) < 4.78 is 4.88. The molecule has 0 bridgehead atoms. The largest absolute Gasteiger partial charge is 0.546 e. The molecule has 0 amide bonds. The van der Waals surface area contributed by atoms with Crippen molar-refractivity contribution in [3.8, 4) is 0 Å². The van der Waals surface area contributed by atoms with Crippen molar-refractivity contribution in [2.24, 2.45) is 0 Å². The fourth-order valence-corrected chi connectivity index (χ4v) is 1.20. The standard InChI is InChI=1S/C8H6N2O4/c11-4-5-2-1-3-6-7(5)14-8(9-6)10(12)13/h1-3,11H,4H2. The minimum Gasteiger partial charge on any atom is -0.392 e. The summed E-state index contributed by atoms with van der Waals surface area (Å²) in [7, 11) is 0. The lowest BCUT2D eigenvalue weighted by Crippen LogP contribution is -1.85. The quantitative estimate of drug-likeness (QED) is 0.573. The van der Waals surface area contributed by atoms with Crippen LogP contribution in [0.1, 0.15) is 5.56 Å². The minimum absolute atomic E-state index is 0.232. The Bertz CT molecular complexity index is 491. The van der Waals surface area contributed by atoms with Crippen molar-refractivity contribution in [3.05, 3.63) is 33.9 Å². The van der Waals surface area contributed by atoms with Crippen LogP contribution in [0.2, 0.25) is 0 Å². The normalized spacial score (nSPS) is 10.6. The van der Waals surface area contributed by atoms with Gasteiger partial charge in [0.25, 0.3) is 0 Å². The first-order valence-corrected chi connectivity index (χ1v) is 3.86. The third kappa shape index (κ3) is 1.21. The van der Waals surface area contributed by atoms with Crippen molar-refractivity contribution < 1.29 is 14.4 Å². The molecule has 1 heterocycles. The highest BCUT2D eigenvalue weighted by atomic mass is 16.7. The molecule has 1 aromatic carbocycles. The van der Waals surface area contributed by atoms with Crippen LogP contribution < -0.4 is 0 Å². The lowest BCUT2D eigenvalue weighted by Gasteiger charge is -1.91. The van der Waals surface area contributed by atoms with E-state index in [9.17, 15) is 10.1 Å². The van der Waals surface area contributed by atoms with Gasteiger partial charge in [-0.2, -0.15) is 0 Å². The molecular weight excluding hydrogens is 188 g/mol. The molecule has 6 nitrogen and oxygen atoms in total. The number of aromatic nitrogens is 1. The first kappa shape index (κ1) is 8.64. The Morgan fingerprint density at radius 3 is 3.00 bits per heavy atom. The maximum atomic E-state index is 10.4. The maximum Gasteiger partial charge on any atom is 0.546 e. The summed E-state index contributed by atoms with van der Waals surface area (Å²) in [5.74, 6) is 0. The first-order chi connectivity index (χ1) is 6.72. The highest BCUT2D eigenvalue weighted by molar-refractivity contribution is 5.77. The van der Waals surface area contributed by atoms with Gasteiger partial charge in [0.2, 0.25) is 5.52 Å². The van der Waals surface area contributed by atoms with Crippen LogP contribution in [-0.2, 0) is 6.61 Å². The number of para-hydroxylation sites is 1. The molecular formula is C8H6N2O4. The molecule has 0 aliphatic carbocycles. The number of nitro groups is 1. The van der Waals surface area contributed by atoms with Crippen LogP contribution >= 0.6 is 0 Å². The van der Waals surface area contributed by atoms with Gasteiger partial charge in [0, 0.05) is 15.5 Å². The van der Waals surface area contributed by atoms with E-state index in [4.69, 9.17) is 9.52 Å². The zero-order valence-electron chi connectivity index (χ0n) is 7.01. The molecule has 2 aromatic rings. The highest BCUT2D eigenvalue weighted by Gasteiger charge is 2.19. The molecule has 1 aromatic heterocycles. The second kappa shape index (κ2) is 3.08. The fourth-order valence-electron chi connectivity index (χ4n) is 1.20. The predicted molar refractivity (Wildman–Crippen MR) is 46.6 cm³/mol. The average molecular weight is 194 g/mol. The summed E-state index contributed by atoms with van der Waals surface area (Å²) in [6, 6.07) is 4.31. The van der Waals surface area contributed by atoms with Crippen molar-refractivity contribution in [1.82, 2.24) is 4.98 Å². The van der Waals surface area contributed by atoms with Crippen LogP contribution in [0.4, 0.5) is 6.01 Å². The van der Waals surface area contributed by atoms with Gasteiger partial charge < -0.3 is 19.6 Å². The number of benzene rings is 1. The van der Waals surface area contributed by atoms with E-state index in [1.807, 2.05) is 0 Å². The summed E-state index contributed by atoms with van der Waals surface area (Å²) in [4.78, 5) is 13.3. The molecule has 0 atom stereocenters. The SMILES string of the molecule is O=[N+]([O-])c1nc2cccc(CO)c2o1. The van der Waals surface area contributed by atoms with E-state index >= 15 is 0 Å². The van der Waals surface area contributed by atoms with Crippen LogP contribution in [0, 0.1) is 10.1 Å². The molecule has 1 N–H and O–H groups in total. The molecule has 0 radical (unpaired) electrons. The second-order valence-corrected chi connectivity index (χ2v) is 2.68. The molecule has 0 saturated carbocycles. The lowest BCUT2D eigenvalue weighted by atomic mass is 10.2. The van der Waals surface area contributed by atoms with Crippen molar-refractivity contribution in [2.75, 3.05) is 0 Å². The predicted octanol–water partition coefficient (Wildman–Crippen LogP) is 1.23. The Hall–Kier alpha value is -1.95. The molecule has 0 aliphatic heterocycles. The van der Waals surface area contributed by atoms with E-state index in [1.54, 1.807) is 18.2 Å². The number of rotatable bonds is 2. The zero-order chi connectivity index (χ0) is 10.1. The average Bonchev–Trinajstić information content (AvgIpc) is 2.60. The molecule has 0 saturated heterocycles. The Kier molecular flexibility index (Phi) is 1.90. The molecule has 0 aliphatic rings. The smallest absolute Gasteiger partial charge is 0.392 e. The number of oxazole rings is 1. The third-order valence-electron chi connectivity index (χ3n) is 1.81. The molecule has 0 unspecified atom stereocenters. The Morgan fingerprint density at radius 2 is 2.36 bits per heavy atom. The number of nitrogens with zero attached hydrogens (tertiary/aromatic N) is 2. The van der Waals surface area contributed by atoms with E-state index < -0.39 is 10.9 Å². The van der Waals surface area contributed by atoms with Crippen LogP contribution in [-0.4, -0.2) is 15.0 Å². The van der Waals surface area contributed by atoms with Crippen LogP contribution in [0.3, 0.4) is 0 Å².